The van der Waals surface area contributed by atoms with Crippen molar-refractivity contribution in [2.75, 3.05) is 0 Å². The van der Waals surface area contributed by atoms with Crippen molar-refractivity contribution in [1.29, 1.82) is 0 Å². The lowest BCUT2D eigenvalue weighted by Crippen LogP contribution is -2.41. The lowest BCUT2D eigenvalue weighted by molar-refractivity contribution is -0.0626. The number of hydrogen-bond donors (Lipinski definition) is 0. The van der Waals surface area contributed by atoms with Gasteiger partial charge in [0.1, 0.15) is 5.60 Å². The minimum absolute atomic E-state index is 0.115. The van der Waals surface area contributed by atoms with Crippen LogP contribution in [-0.4, -0.2) is 5.60 Å². The van der Waals surface area contributed by atoms with E-state index in [0.717, 1.165) is 5.92 Å². The molecule has 1 saturated carbocycles. The quantitative estimate of drug-likeness (QED) is 0.616. The average molecular weight is 196 g/mol. The summed E-state index contributed by atoms with van der Waals surface area (Å²) in [6.07, 6.45) is 8.99. The summed E-state index contributed by atoms with van der Waals surface area (Å²) in [4.78, 5) is 0. The van der Waals surface area contributed by atoms with E-state index in [1.165, 1.54) is 25.7 Å². The van der Waals surface area contributed by atoms with E-state index >= 15 is 0 Å². The van der Waals surface area contributed by atoms with Gasteiger partial charge >= 0.3 is 0 Å². The van der Waals surface area contributed by atoms with Gasteiger partial charge < -0.3 is 4.74 Å². The standard InChI is InChI=1S/C13H24O/c1-5-9-14-13(11(2)3)8-6-7-12(4)10-13/h5,9,11-12H,6-8,10H2,1-4H3. The van der Waals surface area contributed by atoms with E-state index in [4.69, 9.17) is 4.74 Å². The predicted molar refractivity (Wildman–Crippen MR) is 61.1 cm³/mol. The van der Waals surface area contributed by atoms with Crippen molar-refractivity contribution in [3.8, 4) is 0 Å². The van der Waals surface area contributed by atoms with Crippen molar-refractivity contribution in [2.24, 2.45) is 11.8 Å². The molecule has 0 N–H and O–H groups in total. The van der Waals surface area contributed by atoms with Crippen LogP contribution < -0.4 is 0 Å². The van der Waals surface area contributed by atoms with Crippen LogP contribution in [-0.2, 0) is 4.74 Å². The van der Waals surface area contributed by atoms with Gasteiger partial charge in [-0.1, -0.05) is 33.3 Å². The molecule has 1 rings (SSSR count). The molecule has 0 radical (unpaired) electrons. The Morgan fingerprint density at radius 2 is 2.14 bits per heavy atom. The van der Waals surface area contributed by atoms with Gasteiger partial charge in [-0.15, -0.1) is 0 Å². The number of ether oxygens (including phenoxy) is 1. The van der Waals surface area contributed by atoms with Crippen LogP contribution >= 0.6 is 0 Å². The molecule has 1 nitrogen and oxygen atoms in total. The van der Waals surface area contributed by atoms with E-state index in [1.807, 2.05) is 19.3 Å². The first-order valence-electron chi connectivity index (χ1n) is 5.89. The molecule has 1 aliphatic rings. The maximum Gasteiger partial charge on any atom is 0.111 e. The molecular formula is C13H24O. The fourth-order valence-electron chi connectivity index (χ4n) is 2.51. The Kier molecular flexibility index (Phi) is 4.03. The zero-order valence-electron chi connectivity index (χ0n) is 10.0. The fraction of sp³-hybridized carbons (Fsp3) is 0.846. The largest absolute Gasteiger partial charge is 0.495 e. The molecule has 1 aliphatic carbocycles. The summed E-state index contributed by atoms with van der Waals surface area (Å²) in [7, 11) is 0. The van der Waals surface area contributed by atoms with Crippen molar-refractivity contribution >= 4 is 0 Å². The van der Waals surface area contributed by atoms with Gasteiger partial charge in [-0.3, -0.25) is 0 Å². The summed E-state index contributed by atoms with van der Waals surface area (Å²) < 4.78 is 5.97. The van der Waals surface area contributed by atoms with Crippen molar-refractivity contribution in [1.82, 2.24) is 0 Å². The molecule has 0 aromatic rings. The zero-order valence-corrected chi connectivity index (χ0v) is 10.0. The zero-order chi connectivity index (χ0) is 10.6. The van der Waals surface area contributed by atoms with Crippen LogP contribution in [0.25, 0.3) is 0 Å². The van der Waals surface area contributed by atoms with E-state index in [-0.39, 0.29) is 5.60 Å². The smallest absolute Gasteiger partial charge is 0.111 e. The molecular weight excluding hydrogens is 172 g/mol. The Labute approximate surface area is 88.5 Å². The Morgan fingerprint density at radius 3 is 2.64 bits per heavy atom. The van der Waals surface area contributed by atoms with Gasteiger partial charge in [0.25, 0.3) is 0 Å². The maximum absolute atomic E-state index is 5.97. The number of rotatable bonds is 3. The van der Waals surface area contributed by atoms with Gasteiger partial charge in [-0.2, -0.15) is 0 Å². The highest BCUT2D eigenvalue weighted by molar-refractivity contribution is 4.91. The SMILES string of the molecule is CC=COC1(C(C)C)CCCC(C)C1. The van der Waals surface area contributed by atoms with Gasteiger partial charge in [0.05, 0.1) is 6.26 Å². The van der Waals surface area contributed by atoms with Crippen LogP contribution in [0.2, 0.25) is 0 Å². The Hall–Kier alpha value is -0.460. The maximum atomic E-state index is 5.97. The van der Waals surface area contributed by atoms with Crippen molar-refractivity contribution in [3.63, 3.8) is 0 Å². The normalized spacial score (nSPS) is 33.9. The molecule has 0 amide bonds. The number of hydrogen-bond acceptors (Lipinski definition) is 1. The van der Waals surface area contributed by atoms with Gasteiger partial charge in [0.2, 0.25) is 0 Å². The van der Waals surface area contributed by atoms with Crippen LogP contribution in [0.4, 0.5) is 0 Å². The topological polar surface area (TPSA) is 9.23 Å². The van der Waals surface area contributed by atoms with Gasteiger partial charge in [-0.05, 0) is 38.0 Å². The molecule has 0 heterocycles. The molecule has 0 aromatic carbocycles. The first-order chi connectivity index (χ1) is 6.60. The summed E-state index contributed by atoms with van der Waals surface area (Å²) in [6.45, 7) is 8.92. The van der Waals surface area contributed by atoms with Gasteiger partial charge in [-0.25, -0.2) is 0 Å². The highest BCUT2D eigenvalue weighted by atomic mass is 16.5. The second-order valence-electron chi connectivity index (χ2n) is 5.01. The minimum atomic E-state index is 0.115. The molecule has 0 aromatic heterocycles. The van der Waals surface area contributed by atoms with E-state index in [2.05, 4.69) is 20.8 Å². The molecule has 14 heavy (non-hydrogen) atoms. The van der Waals surface area contributed by atoms with Crippen molar-refractivity contribution < 1.29 is 4.74 Å². The summed E-state index contributed by atoms with van der Waals surface area (Å²) in [5, 5.41) is 0. The first-order valence-corrected chi connectivity index (χ1v) is 5.89. The monoisotopic (exact) mass is 196 g/mol. The lowest BCUT2D eigenvalue weighted by Gasteiger charge is -2.42. The summed E-state index contributed by atoms with van der Waals surface area (Å²) in [5.41, 5.74) is 0.115. The molecule has 1 fully saturated rings. The average Bonchev–Trinajstić information content (AvgIpc) is 2.14. The fourth-order valence-corrected chi connectivity index (χ4v) is 2.51. The Morgan fingerprint density at radius 1 is 1.43 bits per heavy atom. The third-order valence-corrected chi connectivity index (χ3v) is 3.48. The molecule has 2 unspecified atom stereocenters. The predicted octanol–water partition coefficient (Wildman–Crippen LogP) is 4.14. The molecule has 0 bridgehead atoms. The van der Waals surface area contributed by atoms with E-state index in [0.29, 0.717) is 5.92 Å². The highest BCUT2D eigenvalue weighted by Gasteiger charge is 2.38. The number of allylic oxidation sites excluding steroid dienone is 1. The molecule has 0 spiro atoms. The Balaban J connectivity index is 2.69. The van der Waals surface area contributed by atoms with Crippen LogP contribution in [0.15, 0.2) is 12.3 Å². The minimum Gasteiger partial charge on any atom is -0.495 e. The molecule has 2 atom stereocenters. The molecule has 82 valence electrons. The van der Waals surface area contributed by atoms with Crippen LogP contribution in [0.5, 0.6) is 0 Å². The summed E-state index contributed by atoms with van der Waals surface area (Å²) in [5.74, 6) is 1.43. The van der Waals surface area contributed by atoms with Crippen molar-refractivity contribution in [3.05, 3.63) is 12.3 Å². The highest BCUT2D eigenvalue weighted by Crippen LogP contribution is 2.40. The first kappa shape index (κ1) is 11.6. The molecule has 1 heteroatoms. The van der Waals surface area contributed by atoms with Crippen LogP contribution in [0.3, 0.4) is 0 Å². The van der Waals surface area contributed by atoms with Crippen LogP contribution in [0, 0.1) is 11.8 Å². The van der Waals surface area contributed by atoms with Crippen LogP contribution in [0.1, 0.15) is 53.4 Å². The summed E-state index contributed by atoms with van der Waals surface area (Å²) in [6, 6.07) is 0. The van der Waals surface area contributed by atoms with E-state index in [1.54, 1.807) is 0 Å². The van der Waals surface area contributed by atoms with Gasteiger partial charge in [0, 0.05) is 0 Å². The summed E-state index contributed by atoms with van der Waals surface area (Å²) >= 11 is 0. The van der Waals surface area contributed by atoms with Gasteiger partial charge in [0.15, 0.2) is 0 Å². The lowest BCUT2D eigenvalue weighted by atomic mass is 9.73. The molecule has 0 aliphatic heterocycles. The Bertz CT molecular complexity index is 195. The van der Waals surface area contributed by atoms with E-state index < -0.39 is 0 Å². The molecule has 0 saturated heterocycles. The van der Waals surface area contributed by atoms with Crippen molar-refractivity contribution in [2.45, 2.75) is 59.0 Å². The third kappa shape index (κ3) is 2.52. The second-order valence-corrected chi connectivity index (χ2v) is 5.01. The third-order valence-electron chi connectivity index (χ3n) is 3.48. The van der Waals surface area contributed by atoms with E-state index in [9.17, 15) is 0 Å². The second kappa shape index (κ2) is 4.86.